The molecule has 1 N–H and O–H groups in total. The van der Waals surface area contributed by atoms with Crippen molar-refractivity contribution < 1.29 is 9.53 Å². The van der Waals surface area contributed by atoms with Crippen LogP contribution in [0.25, 0.3) is 0 Å². The molecule has 0 radical (unpaired) electrons. The third-order valence-electron chi connectivity index (χ3n) is 4.15. The molecule has 1 aromatic carbocycles. The van der Waals surface area contributed by atoms with Crippen molar-refractivity contribution in [1.29, 1.82) is 0 Å². The number of hydrogen-bond acceptors (Lipinski definition) is 4. The largest absolute Gasteiger partial charge is 0.497 e. The van der Waals surface area contributed by atoms with E-state index in [1.165, 1.54) is 5.56 Å². The van der Waals surface area contributed by atoms with Crippen molar-refractivity contribution in [2.75, 3.05) is 53.4 Å². The third-order valence-corrected chi connectivity index (χ3v) is 4.15. The molecule has 122 valence electrons. The predicted octanol–water partition coefficient (Wildman–Crippen LogP) is 0.991. The minimum Gasteiger partial charge on any atom is -0.497 e. The standard InChI is InChI=1S/C17H27N3O2/c1-19-11-13-20(14-12-19)10-8-17(21)18-9-7-15-3-5-16(22-2)6-4-15/h3-6H,7-14H2,1-2H3,(H,18,21). The van der Waals surface area contributed by atoms with Crippen LogP contribution in [-0.4, -0.2) is 69.1 Å². The molecule has 5 heteroatoms. The normalized spacial score (nSPS) is 16.5. The van der Waals surface area contributed by atoms with Gasteiger partial charge in [-0.3, -0.25) is 4.79 Å². The van der Waals surface area contributed by atoms with Gasteiger partial charge in [0.25, 0.3) is 0 Å². The smallest absolute Gasteiger partial charge is 0.221 e. The number of methoxy groups -OCH3 is 1. The maximum atomic E-state index is 11.9. The fourth-order valence-corrected chi connectivity index (χ4v) is 2.56. The molecule has 0 atom stereocenters. The van der Waals surface area contributed by atoms with Gasteiger partial charge in [0.05, 0.1) is 7.11 Å². The number of benzene rings is 1. The van der Waals surface area contributed by atoms with E-state index >= 15 is 0 Å². The topological polar surface area (TPSA) is 44.8 Å². The number of hydrogen-bond donors (Lipinski definition) is 1. The molecule has 0 saturated carbocycles. The Balaban J connectivity index is 1.59. The fraction of sp³-hybridized carbons (Fsp3) is 0.588. The fourth-order valence-electron chi connectivity index (χ4n) is 2.56. The molecule has 1 aromatic rings. The summed E-state index contributed by atoms with van der Waals surface area (Å²) >= 11 is 0. The molecule has 1 aliphatic heterocycles. The van der Waals surface area contributed by atoms with E-state index in [0.717, 1.165) is 44.9 Å². The lowest BCUT2D eigenvalue weighted by Crippen LogP contribution is -2.45. The summed E-state index contributed by atoms with van der Waals surface area (Å²) in [5.41, 5.74) is 1.21. The van der Waals surface area contributed by atoms with E-state index in [-0.39, 0.29) is 5.91 Å². The third kappa shape index (κ3) is 5.66. The zero-order valence-electron chi connectivity index (χ0n) is 13.7. The molecule has 5 nitrogen and oxygen atoms in total. The highest BCUT2D eigenvalue weighted by Gasteiger charge is 2.14. The first kappa shape index (κ1) is 16.8. The van der Waals surface area contributed by atoms with Gasteiger partial charge in [-0.05, 0) is 31.2 Å². The van der Waals surface area contributed by atoms with Gasteiger partial charge < -0.3 is 19.9 Å². The summed E-state index contributed by atoms with van der Waals surface area (Å²) in [4.78, 5) is 16.6. The summed E-state index contributed by atoms with van der Waals surface area (Å²) in [5, 5.41) is 3.00. The highest BCUT2D eigenvalue weighted by molar-refractivity contribution is 5.76. The van der Waals surface area contributed by atoms with Crippen molar-refractivity contribution in [2.24, 2.45) is 0 Å². The maximum absolute atomic E-state index is 11.9. The van der Waals surface area contributed by atoms with Gasteiger partial charge in [-0.15, -0.1) is 0 Å². The van der Waals surface area contributed by atoms with E-state index in [4.69, 9.17) is 4.74 Å². The molecule has 22 heavy (non-hydrogen) atoms. The van der Waals surface area contributed by atoms with Crippen molar-refractivity contribution in [3.63, 3.8) is 0 Å². The van der Waals surface area contributed by atoms with Crippen LogP contribution < -0.4 is 10.1 Å². The van der Waals surface area contributed by atoms with Gasteiger partial charge in [0, 0.05) is 45.7 Å². The average molecular weight is 305 g/mol. The SMILES string of the molecule is COc1ccc(CCNC(=O)CCN2CCN(C)CC2)cc1. The Morgan fingerprint density at radius 2 is 1.86 bits per heavy atom. The van der Waals surface area contributed by atoms with Crippen LogP contribution in [0, 0.1) is 0 Å². The summed E-state index contributed by atoms with van der Waals surface area (Å²) in [6, 6.07) is 7.97. The molecule has 1 amide bonds. The summed E-state index contributed by atoms with van der Waals surface area (Å²) in [6.07, 6.45) is 1.44. The Labute approximate surface area is 133 Å². The predicted molar refractivity (Wildman–Crippen MR) is 88.3 cm³/mol. The van der Waals surface area contributed by atoms with E-state index in [9.17, 15) is 4.79 Å². The van der Waals surface area contributed by atoms with Crippen LogP contribution in [0.5, 0.6) is 5.75 Å². The number of piperazine rings is 1. The molecule has 1 heterocycles. The number of ether oxygens (including phenoxy) is 1. The van der Waals surface area contributed by atoms with Gasteiger partial charge in [-0.1, -0.05) is 12.1 Å². The number of nitrogens with zero attached hydrogens (tertiary/aromatic N) is 2. The molecule has 0 unspecified atom stereocenters. The van der Waals surface area contributed by atoms with Gasteiger partial charge in [-0.25, -0.2) is 0 Å². The van der Waals surface area contributed by atoms with Gasteiger partial charge in [0.15, 0.2) is 0 Å². The summed E-state index contributed by atoms with van der Waals surface area (Å²) in [6.45, 7) is 5.87. The second-order valence-corrected chi connectivity index (χ2v) is 5.84. The van der Waals surface area contributed by atoms with E-state index in [1.54, 1.807) is 7.11 Å². The molecule has 1 aliphatic rings. The van der Waals surface area contributed by atoms with Crippen molar-refractivity contribution >= 4 is 5.91 Å². The molecule has 2 rings (SSSR count). The number of amides is 1. The van der Waals surface area contributed by atoms with Gasteiger partial charge in [-0.2, -0.15) is 0 Å². The zero-order chi connectivity index (χ0) is 15.8. The minimum atomic E-state index is 0.146. The quantitative estimate of drug-likeness (QED) is 0.816. The van der Waals surface area contributed by atoms with Gasteiger partial charge in [0.2, 0.25) is 5.91 Å². The van der Waals surface area contributed by atoms with E-state index in [1.807, 2.05) is 24.3 Å². The zero-order valence-corrected chi connectivity index (χ0v) is 13.7. The van der Waals surface area contributed by atoms with Crippen LogP contribution in [0.15, 0.2) is 24.3 Å². The average Bonchev–Trinajstić information content (AvgIpc) is 2.55. The Hall–Kier alpha value is -1.59. The lowest BCUT2D eigenvalue weighted by Gasteiger charge is -2.32. The summed E-state index contributed by atoms with van der Waals surface area (Å²) < 4.78 is 5.13. The van der Waals surface area contributed by atoms with Crippen LogP contribution in [0.2, 0.25) is 0 Å². The van der Waals surface area contributed by atoms with Gasteiger partial charge in [0.1, 0.15) is 5.75 Å². The minimum absolute atomic E-state index is 0.146. The molecule has 1 fully saturated rings. The molecule has 0 bridgehead atoms. The van der Waals surface area contributed by atoms with Crippen LogP contribution in [0.4, 0.5) is 0 Å². The Morgan fingerprint density at radius 1 is 1.18 bits per heavy atom. The highest BCUT2D eigenvalue weighted by atomic mass is 16.5. The second-order valence-electron chi connectivity index (χ2n) is 5.84. The molecule has 0 aromatic heterocycles. The highest BCUT2D eigenvalue weighted by Crippen LogP contribution is 2.11. The van der Waals surface area contributed by atoms with Crippen LogP contribution in [-0.2, 0) is 11.2 Å². The molecule has 0 spiro atoms. The lowest BCUT2D eigenvalue weighted by atomic mass is 10.1. The number of carbonyl (C=O) groups excluding carboxylic acids is 1. The van der Waals surface area contributed by atoms with Crippen LogP contribution in [0.1, 0.15) is 12.0 Å². The van der Waals surface area contributed by atoms with E-state index < -0.39 is 0 Å². The van der Waals surface area contributed by atoms with Crippen molar-refractivity contribution in [2.45, 2.75) is 12.8 Å². The number of likely N-dealkylation sites (N-methyl/N-ethyl adjacent to an activating group) is 1. The first-order valence-corrected chi connectivity index (χ1v) is 7.98. The molecular weight excluding hydrogens is 278 g/mol. The van der Waals surface area contributed by atoms with E-state index in [2.05, 4.69) is 22.2 Å². The Bertz CT molecular complexity index is 453. The number of carbonyl (C=O) groups is 1. The van der Waals surface area contributed by atoms with Crippen molar-refractivity contribution in [1.82, 2.24) is 15.1 Å². The number of nitrogens with one attached hydrogen (secondary N) is 1. The van der Waals surface area contributed by atoms with E-state index in [0.29, 0.717) is 13.0 Å². The monoisotopic (exact) mass is 305 g/mol. The second kappa shape index (κ2) is 8.76. The van der Waals surface area contributed by atoms with Crippen molar-refractivity contribution in [3.8, 4) is 5.75 Å². The van der Waals surface area contributed by atoms with Crippen LogP contribution in [0.3, 0.4) is 0 Å². The van der Waals surface area contributed by atoms with Crippen LogP contribution >= 0.6 is 0 Å². The maximum Gasteiger partial charge on any atom is 0.221 e. The molecular formula is C17H27N3O2. The first-order chi connectivity index (χ1) is 10.7. The summed E-state index contributed by atoms with van der Waals surface area (Å²) in [7, 11) is 3.80. The Morgan fingerprint density at radius 3 is 2.50 bits per heavy atom. The first-order valence-electron chi connectivity index (χ1n) is 7.98. The summed E-state index contributed by atoms with van der Waals surface area (Å²) in [5.74, 6) is 1.01. The van der Waals surface area contributed by atoms with Gasteiger partial charge >= 0.3 is 0 Å². The number of rotatable bonds is 7. The van der Waals surface area contributed by atoms with Crippen molar-refractivity contribution in [3.05, 3.63) is 29.8 Å². The lowest BCUT2D eigenvalue weighted by molar-refractivity contribution is -0.121. The Kier molecular flexibility index (Phi) is 6.68. The molecule has 1 saturated heterocycles. The molecule has 0 aliphatic carbocycles.